The lowest BCUT2D eigenvalue weighted by molar-refractivity contribution is -0.117. The fourth-order valence-corrected chi connectivity index (χ4v) is 3.03. The number of halogens is 2. The third kappa shape index (κ3) is 3.41. The van der Waals surface area contributed by atoms with Crippen LogP contribution in [0.3, 0.4) is 0 Å². The highest BCUT2D eigenvalue weighted by atomic mass is 79.9. The van der Waals surface area contributed by atoms with E-state index in [4.69, 9.17) is 5.73 Å². The summed E-state index contributed by atoms with van der Waals surface area (Å²) in [6.07, 6.45) is 0. The molecule has 0 aromatic heterocycles. The van der Waals surface area contributed by atoms with E-state index in [-0.39, 0.29) is 11.8 Å². The maximum absolute atomic E-state index is 12.3. The topological polar surface area (TPSA) is 55.1 Å². The average molecular weight is 398 g/mol. The van der Waals surface area contributed by atoms with Crippen molar-refractivity contribution in [1.82, 2.24) is 0 Å². The minimum absolute atomic E-state index is 0.0804. The predicted molar refractivity (Wildman–Crippen MR) is 89.7 cm³/mol. The van der Waals surface area contributed by atoms with E-state index in [0.29, 0.717) is 5.69 Å². The van der Waals surface area contributed by atoms with Crippen LogP contribution in [0.15, 0.2) is 51.4 Å². The van der Waals surface area contributed by atoms with Gasteiger partial charge in [-0.05, 0) is 68.6 Å². The summed E-state index contributed by atoms with van der Waals surface area (Å²) in [5.41, 5.74) is 8.03. The lowest BCUT2D eigenvalue weighted by atomic mass is 10.00. The summed E-state index contributed by atoms with van der Waals surface area (Å²) in [7, 11) is 0. The first kappa shape index (κ1) is 15.1. The van der Waals surface area contributed by atoms with Crippen molar-refractivity contribution in [3.05, 3.63) is 57.0 Å². The molecule has 2 rings (SSSR count). The molecule has 1 atom stereocenters. The van der Waals surface area contributed by atoms with Crippen LogP contribution in [-0.4, -0.2) is 5.91 Å². The van der Waals surface area contributed by atoms with Crippen molar-refractivity contribution in [1.29, 1.82) is 0 Å². The number of nitrogens with one attached hydrogen (secondary N) is 1. The van der Waals surface area contributed by atoms with Crippen molar-refractivity contribution in [3.63, 3.8) is 0 Å². The summed E-state index contributed by atoms with van der Waals surface area (Å²) >= 11 is 6.86. The van der Waals surface area contributed by atoms with Gasteiger partial charge in [0, 0.05) is 14.6 Å². The van der Waals surface area contributed by atoms with Crippen LogP contribution in [0.25, 0.3) is 0 Å². The highest BCUT2D eigenvalue weighted by Crippen LogP contribution is 2.31. The number of rotatable bonds is 3. The molecule has 2 aromatic rings. The molecule has 104 valence electrons. The highest BCUT2D eigenvalue weighted by Gasteiger charge is 2.17. The quantitative estimate of drug-likeness (QED) is 0.747. The molecule has 0 fully saturated rings. The number of anilines is 2. The van der Waals surface area contributed by atoms with Crippen LogP contribution >= 0.6 is 31.9 Å². The Hall–Kier alpha value is -1.33. The Bertz CT molecular complexity index is 623. The molecule has 20 heavy (non-hydrogen) atoms. The minimum atomic E-state index is -0.280. The Kier molecular flexibility index (Phi) is 4.83. The van der Waals surface area contributed by atoms with Crippen molar-refractivity contribution in [2.24, 2.45) is 0 Å². The Labute approximate surface area is 134 Å². The molecule has 0 spiro atoms. The van der Waals surface area contributed by atoms with E-state index in [0.717, 1.165) is 20.2 Å². The molecule has 0 aliphatic rings. The summed E-state index contributed by atoms with van der Waals surface area (Å²) < 4.78 is 1.67. The van der Waals surface area contributed by atoms with Gasteiger partial charge in [-0.15, -0.1) is 0 Å². The Morgan fingerprint density at radius 3 is 2.35 bits per heavy atom. The third-order valence-electron chi connectivity index (χ3n) is 3.01. The van der Waals surface area contributed by atoms with Gasteiger partial charge in [0.05, 0.1) is 11.6 Å². The van der Waals surface area contributed by atoms with Crippen LogP contribution in [0, 0.1) is 0 Å². The van der Waals surface area contributed by atoms with Gasteiger partial charge in [-0.2, -0.15) is 0 Å². The van der Waals surface area contributed by atoms with Gasteiger partial charge in [0.25, 0.3) is 0 Å². The number of carbonyl (C=O) groups is 1. The molecule has 3 N–H and O–H groups in total. The zero-order valence-electron chi connectivity index (χ0n) is 10.9. The number of para-hydroxylation sites is 1. The van der Waals surface area contributed by atoms with Crippen molar-refractivity contribution in [3.8, 4) is 0 Å². The van der Waals surface area contributed by atoms with Crippen molar-refractivity contribution in [2.75, 3.05) is 11.1 Å². The summed E-state index contributed by atoms with van der Waals surface area (Å²) in [5, 5.41) is 2.92. The first-order valence-electron chi connectivity index (χ1n) is 6.09. The first-order valence-corrected chi connectivity index (χ1v) is 7.68. The molecule has 1 amide bonds. The van der Waals surface area contributed by atoms with E-state index >= 15 is 0 Å². The van der Waals surface area contributed by atoms with E-state index in [2.05, 4.69) is 37.2 Å². The summed E-state index contributed by atoms with van der Waals surface area (Å²) in [6.45, 7) is 1.86. The normalized spacial score (nSPS) is 11.9. The number of amides is 1. The lowest BCUT2D eigenvalue weighted by Crippen LogP contribution is -2.19. The zero-order chi connectivity index (χ0) is 14.7. The van der Waals surface area contributed by atoms with Crippen molar-refractivity contribution in [2.45, 2.75) is 12.8 Å². The zero-order valence-corrected chi connectivity index (χ0v) is 14.0. The largest absolute Gasteiger partial charge is 0.399 e. The molecule has 0 aliphatic heterocycles. The molecule has 0 heterocycles. The molecular weight excluding hydrogens is 384 g/mol. The van der Waals surface area contributed by atoms with Crippen LogP contribution < -0.4 is 11.1 Å². The Balaban J connectivity index is 2.20. The molecule has 3 nitrogen and oxygen atoms in total. The van der Waals surface area contributed by atoms with Gasteiger partial charge in [-0.3, -0.25) is 4.79 Å². The lowest BCUT2D eigenvalue weighted by Gasteiger charge is -2.15. The SMILES string of the molecule is CC(C(=O)Nc1c(Br)cccc1Br)c1cccc(N)c1. The molecule has 0 saturated heterocycles. The summed E-state index contributed by atoms with van der Waals surface area (Å²) in [5.74, 6) is -0.360. The molecule has 0 aliphatic carbocycles. The molecule has 0 saturated carbocycles. The molecule has 5 heteroatoms. The minimum Gasteiger partial charge on any atom is -0.399 e. The summed E-state index contributed by atoms with van der Waals surface area (Å²) in [6, 6.07) is 13.0. The molecule has 2 aromatic carbocycles. The number of carbonyl (C=O) groups excluding carboxylic acids is 1. The number of nitrogen functional groups attached to an aromatic ring is 1. The van der Waals surface area contributed by atoms with Gasteiger partial charge < -0.3 is 11.1 Å². The number of benzene rings is 2. The maximum Gasteiger partial charge on any atom is 0.231 e. The maximum atomic E-state index is 12.3. The van der Waals surface area contributed by atoms with E-state index in [1.54, 1.807) is 6.07 Å². The van der Waals surface area contributed by atoms with Gasteiger partial charge >= 0.3 is 0 Å². The fraction of sp³-hybridized carbons (Fsp3) is 0.133. The highest BCUT2D eigenvalue weighted by molar-refractivity contribution is 9.11. The van der Waals surface area contributed by atoms with Gasteiger partial charge in [0.15, 0.2) is 0 Å². The second-order valence-corrected chi connectivity index (χ2v) is 6.19. The van der Waals surface area contributed by atoms with E-state index in [1.807, 2.05) is 43.3 Å². The number of hydrogen-bond donors (Lipinski definition) is 2. The van der Waals surface area contributed by atoms with Gasteiger partial charge in [-0.1, -0.05) is 18.2 Å². The summed E-state index contributed by atoms with van der Waals surface area (Å²) in [4.78, 5) is 12.3. The van der Waals surface area contributed by atoms with E-state index in [9.17, 15) is 4.79 Å². The monoisotopic (exact) mass is 396 g/mol. The van der Waals surface area contributed by atoms with Crippen LogP contribution in [0.2, 0.25) is 0 Å². The molecule has 0 bridgehead atoms. The number of nitrogens with two attached hydrogens (primary N) is 1. The first-order chi connectivity index (χ1) is 9.49. The van der Waals surface area contributed by atoms with Crippen molar-refractivity contribution < 1.29 is 4.79 Å². The van der Waals surface area contributed by atoms with Crippen LogP contribution in [0.5, 0.6) is 0 Å². The van der Waals surface area contributed by atoms with E-state index < -0.39 is 0 Å². The smallest absolute Gasteiger partial charge is 0.231 e. The Morgan fingerprint density at radius 1 is 1.15 bits per heavy atom. The molecule has 1 unspecified atom stereocenters. The van der Waals surface area contributed by atoms with Crippen LogP contribution in [-0.2, 0) is 4.79 Å². The van der Waals surface area contributed by atoms with Gasteiger partial charge in [0.1, 0.15) is 0 Å². The molecule has 0 radical (unpaired) electrons. The van der Waals surface area contributed by atoms with Gasteiger partial charge in [-0.25, -0.2) is 0 Å². The second kappa shape index (κ2) is 6.41. The molecular formula is C15H14Br2N2O. The van der Waals surface area contributed by atoms with E-state index in [1.165, 1.54) is 0 Å². The Morgan fingerprint density at radius 2 is 1.75 bits per heavy atom. The predicted octanol–water partition coefficient (Wildman–Crippen LogP) is 4.54. The van der Waals surface area contributed by atoms with Crippen molar-refractivity contribution >= 4 is 49.1 Å². The van der Waals surface area contributed by atoms with Crippen LogP contribution in [0.4, 0.5) is 11.4 Å². The van der Waals surface area contributed by atoms with Crippen LogP contribution in [0.1, 0.15) is 18.4 Å². The second-order valence-electron chi connectivity index (χ2n) is 4.48. The fourth-order valence-electron chi connectivity index (χ4n) is 1.83. The standard InChI is InChI=1S/C15H14Br2N2O/c1-9(10-4-2-5-11(18)8-10)15(20)19-14-12(16)6-3-7-13(14)17/h2-9H,18H2,1H3,(H,19,20). The number of hydrogen-bond acceptors (Lipinski definition) is 2. The average Bonchev–Trinajstić information content (AvgIpc) is 2.42. The van der Waals surface area contributed by atoms with Gasteiger partial charge in [0.2, 0.25) is 5.91 Å². The third-order valence-corrected chi connectivity index (χ3v) is 4.34.